The summed E-state index contributed by atoms with van der Waals surface area (Å²) in [4.78, 5) is 24.3. The summed E-state index contributed by atoms with van der Waals surface area (Å²) in [5.41, 5.74) is 8.50. The molecule has 1 unspecified atom stereocenters. The maximum absolute atomic E-state index is 16.2. The van der Waals surface area contributed by atoms with Crippen LogP contribution in [0.5, 0.6) is 5.75 Å². The highest BCUT2D eigenvalue weighted by Crippen LogP contribution is 2.45. The van der Waals surface area contributed by atoms with E-state index in [4.69, 9.17) is 14.2 Å². The number of carbonyl (C=O) groups excluding carboxylic acids is 2. The zero-order chi connectivity index (χ0) is 45.3. The minimum Gasteiger partial charge on any atom is -0.493 e. The molecule has 2 fully saturated rings. The van der Waals surface area contributed by atoms with Crippen molar-refractivity contribution in [3.8, 4) is 28.0 Å². The molecule has 2 aliphatic carbocycles. The van der Waals surface area contributed by atoms with E-state index in [-0.39, 0.29) is 31.6 Å². The number of ether oxygens (including phenoxy) is 3. The third-order valence-corrected chi connectivity index (χ3v) is 13.9. The Balaban J connectivity index is 1.34. The lowest BCUT2D eigenvalue weighted by molar-refractivity contribution is -0.139. The first-order chi connectivity index (χ1) is 30.4. The van der Waals surface area contributed by atoms with Gasteiger partial charge in [-0.1, -0.05) is 103 Å². The van der Waals surface area contributed by atoms with Gasteiger partial charge in [-0.05, 0) is 178 Å². The molecule has 0 saturated heterocycles. The summed E-state index contributed by atoms with van der Waals surface area (Å²) in [6.07, 6.45) is 19.8. The van der Waals surface area contributed by atoms with E-state index in [0.29, 0.717) is 61.3 Å². The Bertz CT molecular complexity index is 1910. The van der Waals surface area contributed by atoms with Crippen LogP contribution in [0.25, 0.3) is 22.3 Å². The molecule has 2 saturated carbocycles. The molecule has 0 spiro atoms. The number of rotatable bonds is 24. The molecule has 0 amide bonds. The van der Waals surface area contributed by atoms with E-state index in [2.05, 4.69) is 57.3 Å². The highest BCUT2D eigenvalue weighted by atomic mass is 19.1. The monoisotopic (exact) mass is 865 g/mol. The first-order valence-electron chi connectivity index (χ1n) is 24.4. The number of aliphatic hydroxyl groups is 1. The maximum atomic E-state index is 16.2. The van der Waals surface area contributed by atoms with Gasteiger partial charge in [-0.3, -0.25) is 0 Å². The number of aliphatic hydroxyl groups excluding tert-OH is 1. The van der Waals surface area contributed by atoms with Crippen LogP contribution >= 0.6 is 0 Å². The average molecular weight is 865 g/mol. The molecule has 7 heteroatoms. The average Bonchev–Trinajstić information content (AvgIpc) is 3.29. The minimum atomic E-state index is -0.412. The number of aryl methyl sites for hydroxylation is 3. The van der Waals surface area contributed by atoms with Crippen LogP contribution in [0.1, 0.15) is 159 Å². The topological polar surface area (TPSA) is 82.1 Å². The molecule has 344 valence electrons. The molecule has 0 heterocycles. The summed E-state index contributed by atoms with van der Waals surface area (Å²) in [5, 5.41) is 9.68. The van der Waals surface area contributed by atoms with Crippen molar-refractivity contribution in [3.63, 3.8) is 0 Å². The van der Waals surface area contributed by atoms with Gasteiger partial charge in [-0.2, -0.15) is 0 Å². The molecule has 2 aliphatic rings. The summed E-state index contributed by atoms with van der Waals surface area (Å²) in [6, 6.07) is 16.6. The fourth-order valence-electron chi connectivity index (χ4n) is 9.93. The van der Waals surface area contributed by atoms with Crippen LogP contribution in [0.4, 0.5) is 4.39 Å². The van der Waals surface area contributed by atoms with Crippen LogP contribution in [-0.2, 0) is 38.3 Å². The molecule has 0 aliphatic heterocycles. The van der Waals surface area contributed by atoms with E-state index < -0.39 is 11.9 Å². The fourth-order valence-corrected chi connectivity index (χ4v) is 9.93. The highest BCUT2D eigenvalue weighted by molar-refractivity contribution is 5.87. The molecule has 6 nitrogen and oxygen atoms in total. The van der Waals surface area contributed by atoms with E-state index in [1.807, 2.05) is 19.1 Å². The molecule has 63 heavy (non-hydrogen) atoms. The van der Waals surface area contributed by atoms with Gasteiger partial charge in [0, 0.05) is 23.3 Å². The third-order valence-electron chi connectivity index (χ3n) is 13.9. The summed E-state index contributed by atoms with van der Waals surface area (Å²) in [6.45, 7) is 18.1. The lowest BCUT2D eigenvalue weighted by Crippen LogP contribution is -2.25. The van der Waals surface area contributed by atoms with Gasteiger partial charge in [0.15, 0.2) is 0 Å². The Hall–Kier alpha value is -4.23. The number of unbranched alkanes of at least 4 members (excludes halogenated alkanes) is 2. The summed E-state index contributed by atoms with van der Waals surface area (Å²) < 4.78 is 33.6. The Morgan fingerprint density at radius 1 is 0.714 bits per heavy atom. The van der Waals surface area contributed by atoms with Crippen LogP contribution in [0, 0.1) is 29.5 Å². The molecule has 0 aromatic heterocycles. The molecule has 0 radical (unpaired) electrons. The number of esters is 2. The second-order valence-corrected chi connectivity index (χ2v) is 18.9. The van der Waals surface area contributed by atoms with Crippen LogP contribution in [0.2, 0.25) is 0 Å². The lowest BCUT2D eigenvalue weighted by atomic mass is 9.68. The predicted octanol–water partition coefficient (Wildman–Crippen LogP) is 13.9. The quantitative estimate of drug-likeness (QED) is 0.0549. The van der Waals surface area contributed by atoms with Crippen molar-refractivity contribution >= 4 is 11.9 Å². The van der Waals surface area contributed by atoms with Crippen LogP contribution in [-0.4, -0.2) is 43.5 Å². The van der Waals surface area contributed by atoms with Gasteiger partial charge in [0.1, 0.15) is 11.6 Å². The molecule has 5 rings (SSSR count). The van der Waals surface area contributed by atoms with Gasteiger partial charge in [0.25, 0.3) is 0 Å². The first kappa shape index (κ1) is 49.8. The highest BCUT2D eigenvalue weighted by Gasteiger charge is 2.31. The van der Waals surface area contributed by atoms with E-state index in [1.54, 1.807) is 19.9 Å². The van der Waals surface area contributed by atoms with Crippen molar-refractivity contribution in [3.05, 3.63) is 101 Å². The molecule has 0 bridgehead atoms. The number of hydrogen-bond acceptors (Lipinski definition) is 6. The zero-order valence-electron chi connectivity index (χ0n) is 39.3. The Kier molecular flexibility index (Phi) is 20.0. The van der Waals surface area contributed by atoms with Crippen molar-refractivity contribution in [2.75, 3.05) is 26.4 Å². The molecule has 1 N–H and O–H groups in total. The standard InChI is InChI=1S/C56H77FO6/c1-8-10-11-14-41-17-19-43(20-18-41)44-21-23-45(24-22-44)46-25-28-52(53(57)36-46)47-26-27-51(42(9-2)33-47)50-34-48(15-12-30-62-55(59)38(3)4)54(61-32-29-40(7)37-58)49(35-50)16-13-31-63-56(60)39(5)6/h25-28,33-36,40-41,43-45,58H,3,5,8-24,29-32,37H2,1-2,4,6-7H3. The van der Waals surface area contributed by atoms with E-state index in [1.165, 1.54) is 64.2 Å². The lowest BCUT2D eigenvalue weighted by Gasteiger charge is -2.38. The Labute approximate surface area is 379 Å². The molecular formula is C56H77FO6. The summed E-state index contributed by atoms with van der Waals surface area (Å²) in [5.74, 6) is 2.97. The Morgan fingerprint density at radius 3 is 1.83 bits per heavy atom. The molecule has 3 aromatic rings. The number of hydrogen-bond donors (Lipinski definition) is 1. The summed E-state index contributed by atoms with van der Waals surface area (Å²) in [7, 11) is 0. The number of halogens is 1. The van der Waals surface area contributed by atoms with Gasteiger partial charge in [-0.15, -0.1) is 0 Å². The predicted molar refractivity (Wildman–Crippen MR) is 255 cm³/mol. The van der Waals surface area contributed by atoms with Gasteiger partial charge in [0.05, 0.1) is 19.8 Å². The third kappa shape index (κ3) is 14.6. The second-order valence-electron chi connectivity index (χ2n) is 18.9. The van der Waals surface area contributed by atoms with Crippen LogP contribution in [0.15, 0.2) is 72.8 Å². The first-order valence-corrected chi connectivity index (χ1v) is 24.4. The maximum Gasteiger partial charge on any atom is 0.333 e. The van der Waals surface area contributed by atoms with E-state index >= 15 is 4.39 Å². The van der Waals surface area contributed by atoms with Crippen molar-refractivity contribution < 1.29 is 33.3 Å². The summed E-state index contributed by atoms with van der Waals surface area (Å²) >= 11 is 0. The minimum absolute atomic E-state index is 0.0783. The van der Waals surface area contributed by atoms with Crippen molar-refractivity contribution in [1.29, 1.82) is 0 Å². The normalized spacial score (nSPS) is 19.3. The fraction of sp³-hybridized carbons (Fsp3) is 0.571. The molecular weight excluding hydrogens is 788 g/mol. The van der Waals surface area contributed by atoms with Gasteiger partial charge in [-0.25, -0.2) is 14.0 Å². The van der Waals surface area contributed by atoms with E-state index in [0.717, 1.165) is 81.7 Å². The second kappa shape index (κ2) is 25.3. The van der Waals surface area contributed by atoms with Gasteiger partial charge < -0.3 is 19.3 Å². The van der Waals surface area contributed by atoms with Crippen LogP contribution < -0.4 is 4.74 Å². The van der Waals surface area contributed by atoms with E-state index in [9.17, 15) is 14.7 Å². The van der Waals surface area contributed by atoms with Gasteiger partial charge >= 0.3 is 11.9 Å². The molecule has 3 aromatic carbocycles. The number of carbonyl (C=O) groups is 2. The Morgan fingerprint density at radius 2 is 1.29 bits per heavy atom. The van der Waals surface area contributed by atoms with Crippen LogP contribution in [0.3, 0.4) is 0 Å². The zero-order valence-corrected chi connectivity index (χ0v) is 39.3. The SMILES string of the molecule is C=C(C)C(=O)OCCCc1cc(-c2ccc(-c3ccc(C4CCC(C5CCC(CCCCC)CC5)CC4)cc3F)cc2CC)cc(CCCOC(=O)C(=C)C)c1OCCC(C)CO. The smallest absolute Gasteiger partial charge is 0.333 e. The molecule has 1 atom stereocenters. The largest absolute Gasteiger partial charge is 0.493 e. The van der Waals surface area contributed by atoms with Crippen molar-refractivity contribution in [1.82, 2.24) is 0 Å². The van der Waals surface area contributed by atoms with Gasteiger partial charge in [0.2, 0.25) is 0 Å². The van der Waals surface area contributed by atoms with Crippen molar-refractivity contribution in [2.24, 2.45) is 23.7 Å². The van der Waals surface area contributed by atoms with Crippen molar-refractivity contribution in [2.45, 2.75) is 156 Å². The number of benzene rings is 3.